The second kappa shape index (κ2) is 12.1. The Kier molecular flexibility index (Phi) is 8.98. The highest BCUT2D eigenvalue weighted by atomic mass is 32.2. The quantitative estimate of drug-likeness (QED) is 0.261. The van der Waals surface area contributed by atoms with E-state index in [-0.39, 0.29) is 23.3 Å². The Morgan fingerprint density at radius 3 is 1.84 bits per heavy atom. The minimum absolute atomic E-state index is 0.0903. The highest BCUT2D eigenvalue weighted by Gasteiger charge is 2.17. The molecule has 0 radical (unpaired) electrons. The lowest BCUT2D eigenvalue weighted by atomic mass is 10.3. The molecule has 2 aromatic carbocycles. The lowest BCUT2D eigenvalue weighted by Crippen LogP contribution is -2.15. The number of benzene rings is 2. The molecular formula is C22H19N5O2S3. The number of carbonyl (C=O) groups is 2. The van der Waals surface area contributed by atoms with Crippen LogP contribution in [0.3, 0.4) is 0 Å². The third kappa shape index (κ3) is 7.02. The lowest BCUT2D eigenvalue weighted by molar-refractivity contribution is -0.114. The first kappa shape index (κ1) is 23.7. The Morgan fingerprint density at radius 2 is 1.34 bits per heavy atom. The highest BCUT2D eigenvalue weighted by Crippen LogP contribution is 2.30. The largest absolute Gasteiger partial charge is 0.325 e. The molecule has 0 fully saturated rings. The van der Waals surface area contributed by atoms with Crippen molar-refractivity contribution in [2.45, 2.75) is 15.2 Å². The zero-order valence-electron chi connectivity index (χ0n) is 17.1. The van der Waals surface area contributed by atoms with Gasteiger partial charge in [0.15, 0.2) is 5.16 Å². The maximum atomic E-state index is 12.3. The van der Waals surface area contributed by atoms with E-state index in [1.165, 1.54) is 35.3 Å². The molecule has 3 rings (SSSR count). The first-order valence-electron chi connectivity index (χ1n) is 9.40. The summed E-state index contributed by atoms with van der Waals surface area (Å²) in [6.07, 6.45) is 1.82. The summed E-state index contributed by atoms with van der Waals surface area (Å²) in [5, 5.41) is 16.5. The van der Waals surface area contributed by atoms with Crippen molar-refractivity contribution in [1.29, 1.82) is 5.26 Å². The van der Waals surface area contributed by atoms with Crippen molar-refractivity contribution < 1.29 is 9.59 Å². The fourth-order valence-electron chi connectivity index (χ4n) is 2.52. The average Bonchev–Trinajstić information content (AvgIpc) is 2.82. The predicted octanol–water partition coefficient (Wildman–Crippen LogP) is 4.53. The van der Waals surface area contributed by atoms with Gasteiger partial charge in [0.25, 0.3) is 0 Å². The molecule has 0 atom stereocenters. The molecule has 162 valence electrons. The smallest absolute Gasteiger partial charge is 0.234 e. The third-order valence-corrected chi connectivity index (χ3v) is 6.42. The summed E-state index contributed by atoms with van der Waals surface area (Å²) in [7, 11) is 0. The molecule has 0 unspecified atom stereocenters. The van der Waals surface area contributed by atoms with E-state index in [1.54, 1.807) is 12.1 Å². The van der Waals surface area contributed by atoms with E-state index < -0.39 is 0 Å². The Morgan fingerprint density at radius 1 is 0.844 bits per heavy atom. The Balaban J connectivity index is 1.66. The minimum atomic E-state index is -0.203. The zero-order valence-corrected chi connectivity index (χ0v) is 19.5. The molecule has 2 N–H and O–H groups in total. The molecule has 0 saturated heterocycles. The SMILES string of the molecule is CSc1nc(SCC(=O)Nc2ccccc2)nc(SCC(=O)Nc2ccccc2)c1C#N. The van der Waals surface area contributed by atoms with E-state index in [4.69, 9.17) is 0 Å². The van der Waals surface area contributed by atoms with E-state index in [9.17, 15) is 14.9 Å². The first-order valence-corrected chi connectivity index (χ1v) is 12.6. The van der Waals surface area contributed by atoms with E-state index >= 15 is 0 Å². The van der Waals surface area contributed by atoms with Crippen LogP contribution in [-0.2, 0) is 9.59 Å². The molecule has 1 heterocycles. The maximum absolute atomic E-state index is 12.3. The zero-order chi connectivity index (χ0) is 22.8. The molecule has 1 aromatic heterocycles. The van der Waals surface area contributed by atoms with Crippen LogP contribution in [-0.4, -0.2) is 39.5 Å². The van der Waals surface area contributed by atoms with Crippen LogP contribution >= 0.6 is 35.3 Å². The number of nitrogens with one attached hydrogen (secondary N) is 2. The lowest BCUT2D eigenvalue weighted by Gasteiger charge is -2.10. The van der Waals surface area contributed by atoms with Gasteiger partial charge in [-0.1, -0.05) is 59.9 Å². The molecule has 7 nitrogen and oxygen atoms in total. The van der Waals surface area contributed by atoms with Gasteiger partial charge >= 0.3 is 0 Å². The van der Waals surface area contributed by atoms with Crippen LogP contribution in [0.2, 0.25) is 0 Å². The number of nitriles is 1. The average molecular weight is 482 g/mol. The predicted molar refractivity (Wildman–Crippen MR) is 130 cm³/mol. The molecule has 0 aliphatic rings. The summed E-state index contributed by atoms with van der Waals surface area (Å²) < 4.78 is 0. The van der Waals surface area contributed by atoms with E-state index in [0.29, 0.717) is 32.1 Å². The number of para-hydroxylation sites is 2. The third-order valence-electron chi connectivity index (χ3n) is 3.91. The molecule has 0 spiro atoms. The monoisotopic (exact) mass is 481 g/mol. The van der Waals surface area contributed by atoms with Gasteiger partial charge in [0.05, 0.1) is 11.5 Å². The van der Waals surface area contributed by atoms with Gasteiger partial charge in [-0.25, -0.2) is 9.97 Å². The maximum Gasteiger partial charge on any atom is 0.234 e. The molecular weight excluding hydrogens is 462 g/mol. The van der Waals surface area contributed by atoms with Crippen LogP contribution < -0.4 is 10.6 Å². The summed E-state index contributed by atoms with van der Waals surface area (Å²) in [6.45, 7) is 0. The van der Waals surface area contributed by atoms with Crippen molar-refractivity contribution in [1.82, 2.24) is 9.97 Å². The number of nitrogens with zero attached hydrogens (tertiary/aromatic N) is 3. The number of hydrogen-bond donors (Lipinski definition) is 2. The highest BCUT2D eigenvalue weighted by molar-refractivity contribution is 8.01. The van der Waals surface area contributed by atoms with E-state index in [1.807, 2.05) is 54.8 Å². The van der Waals surface area contributed by atoms with Gasteiger partial charge in [-0.3, -0.25) is 9.59 Å². The number of aromatic nitrogens is 2. The van der Waals surface area contributed by atoms with Crippen molar-refractivity contribution in [3.63, 3.8) is 0 Å². The number of carbonyl (C=O) groups excluding carboxylic acids is 2. The van der Waals surface area contributed by atoms with Crippen LogP contribution in [0.1, 0.15) is 5.56 Å². The molecule has 32 heavy (non-hydrogen) atoms. The molecule has 2 amide bonds. The fraction of sp³-hybridized carbons (Fsp3) is 0.136. The van der Waals surface area contributed by atoms with Crippen LogP contribution in [0.25, 0.3) is 0 Å². The minimum Gasteiger partial charge on any atom is -0.325 e. The summed E-state index contributed by atoms with van der Waals surface area (Å²) >= 11 is 3.66. The number of amides is 2. The molecule has 3 aromatic rings. The van der Waals surface area contributed by atoms with Gasteiger partial charge in [-0.15, -0.1) is 11.8 Å². The number of hydrogen-bond acceptors (Lipinski definition) is 8. The normalized spacial score (nSPS) is 10.2. The summed E-state index contributed by atoms with van der Waals surface area (Å²) in [4.78, 5) is 33.3. The van der Waals surface area contributed by atoms with Gasteiger partial charge in [0.2, 0.25) is 11.8 Å². The van der Waals surface area contributed by atoms with Gasteiger partial charge in [-0.05, 0) is 30.5 Å². The standard InChI is InChI=1S/C22H19N5O2S3/c1-30-20-17(12-23)21(31-13-18(28)24-15-8-4-2-5-9-15)27-22(26-20)32-14-19(29)25-16-10-6-3-7-11-16/h2-11H,13-14H2,1H3,(H,24,28)(H,25,29). The number of thioether (sulfide) groups is 3. The summed E-state index contributed by atoms with van der Waals surface area (Å²) in [6, 6.07) is 20.4. The van der Waals surface area contributed by atoms with Crippen LogP contribution in [0, 0.1) is 11.3 Å². The van der Waals surface area contributed by atoms with Gasteiger partial charge in [-0.2, -0.15) is 5.26 Å². The number of rotatable bonds is 9. The second-order valence-corrected chi connectivity index (χ2v) is 8.91. The van der Waals surface area contributed by atoms with E-state index in [2.05, 4.69) is 26.7 Å². The van der Waals surface area contributed by atoms with Gasteiger partial charge in [0, 0.05) is 11.4 Å². The van der Waals surface area contributed by atoms with Gasteiger partial charge in [0.1, 0.15) is 21.7 Å². The first-order chi connectivity index (χ1) is 15.6. The topological polar surface area (TPSA) is 108 Å². The molecule has 0 saturated carbocycles. The Hall–Kier alpha value is -3.00. The number of anilines is 2. The van der Waals surface area contributed by atoms with Crippen molar-refractivity contribution >= 4 is 58.5 Å². The molecule has 0 aliphatic carbocycles. The Bertz CT molecular complexity index is 1120. The second-order valence-electron chi connectivity index (χ2n) is 6.21. The van der Waals surface area contributed by atoms with Crippen molar-refractivity contribution in [3.05, 3.63) is 66.2 Å². The molecule has 0 aliphatic heterocycles. The van der Waals surface area contributed by atoms with Crippen molar-refractivity contribution in [2.75, 3.05) is 28.4 Å². The summed E-state index contributed by atoms with van der Waals surface area (Å²) in [5.41, 5.74) is 1.74. The van der Waals surface area contributed by atoms with Crippen LogP contribution in [0.5, 0.6) is 0 Å². The van der Waals surface area contributed by atoms with Crippen molar-refractivity contribution in [3.8, 4) is 6.07 Å². The van der Waals surface area contributed by atoms with Crippen LogP contribution in [0.15, 0.2) is 75.9 Å². The summed E-state index contributed by atoms with van der Waals surface area (Å²) in [5.74, 6) is -0.178. The van der Waals surface area contributed by atoms with Crippen LogP contribution in [0.4, 0.5) is 11.4 Å². The van der Waals surface area contributed by atoms with Gasteiger partial charge < -0.3 is 10.6 Å². The Labute approximate surface area is 198 Å². The molecule has 10 heteroatoms. The van der Waals surface area contributed by atoms with E-state index in [0.717, 1.165) is 0 Å². The molecule has 0 bridgehead atoms. The fourth-order valence-corrected chi connectivity index (χ4v) is 4.64. The van der Waals surface area contributed by atoms with Crippen molar-refractivity contribution in [2.24, 2.45) is 0 Å².